The topological polar surface area (TPSA) is 26.0 Å². The highest BCUT2D eigenvalue weighted by atomic mass is 79.9. The fourth-order valence-electron chi connectivity index (χ4n) is 1.76. The van der Waals surface area contributed by atoms with Crippen LogP contribution in [0.25, 0.3) is 0 Å². The number of anilines is 1. The molecule has 0 spiro atoms. The quantitative estimate of drug-likeness (QED) is 0.640. The Morgan fingerprint density at radius 3 is 2.61 bits per heavy atom. The number of hydrogen-bond acceptors (Lipinski definition) is 2. The van der Waals surface area contributed by atoms with Crippen LogP contribution in [-0.2, 0) is 5.75 Å². The van der Waals surface area contributed by atoms with Crippen LogP contribution >= 0.6 is 27.7 Å². The van der Waals surface area contributed by atoms with Crippen molar-refractivity contribution in [1.29, 1.82) is 0 Å². The van der Waals surface area contributed by atoms with E-state index in [-0.39, 0.29) is 0 Å². The van der Waals surface area contributed by atoms with Crippen LogP contribution in [-0.4, -0.2) is 0 Å². The molecule has 3 heteroatoms. The van der Waals surface area contributed by atoms with E-state index >= 15 is 0 Å². The predicted octanol–water partition coefficient (Wildman–Crippen LogP) is 4.94. The molecule has 0 saturated carbocycles. The number of benzene rings is 2. The lowest BCUT2D eigenvalue weighted by atomic mass is 10.1. The number of thioether (sulfide) groups is 1. The molecule has 0 unspecified atom stereocenters. The van der Waals surface area contributed by atoms with Gasteiger partial charge in [0.15, 0.2) is 0 Å². The molecule has 2 N–H and O–H groups in total. The molecule has 1 nitrogen and oxygen atoms in total. The Bertz CT molecular complexity index is 566. The van der Waals surface area contributed by atoms with Crippen molar-refractivity contribution in [2.45, 2.75) is 24.5 Å². The Balaban J connectivity index is 2.13. The molecule has 0 aromatic heterocycles. The van der Waals surface area contributed by atoms with E-state index in [0.717, 1.165) is 20.8 Å². The van der Waals surface area contributed by atoms with Crippen LogP contribution in [0.4, 0.5) is 5.69 Å². The lowest BCUT2D eigenvalue weighted by Crippen LogP contribution is -1.91. The molecule has 0 fully saturated rings. The summed E-state index contributed by atoms with van der Waals surface area (Å²) in [4.78, 5) is 1.14. The van der Waals surface area contributed by atoms with E-state index in [1.807, 2.05) is 12.1 Å². The van der Waals surface area contributed by atoms with Gasteiger partial charge >= 0.3 is 0 Å². The fourth-order valence-corrected chi connectivity index (χ4v) is 3.15. The molecule has 0 aliphatic rings. The second-order valence-electron chi connectivity index (χ2n) is 4.40. The smallest absolute Gasteiger partial charge is 0.0463 e. The van der Waals surface area contributed by atoms with Gasteiger partial charge < -0.3 is 5.73 Å². The van der Waals surface area contributed by atoms with E-state index in [1.165, 1.54) is 16.7 Å². The fraction of sp³-hybridized carbons (Fsp3) is 0.200. The number of nitrogens with two attached hydrogens (primary N) is 1. The van der Waals surface area contributed by atoms with E-state index < -0.39 is 0 Å². The van der Waals surface area contributed by atoms with E-state index in [2.05, 4.69) is 54.0 Å². The summed E-state index contributed by atoms with van der Waals surface area (Å²) in [6.07, 6.45) is 0. The van der Waals surface area contributed by atoms with Crippen molar-refractivity contribution in [2.75, 3.05) is 5.73 Å². The number of rotatable bonds is 3. The molecule has 2 aromatic rings. The Hall–Kier alpha value is -0.930. The van der Waals surface area contributed by atoms with Crippen LogP contribution in [0.5, 0.6) is 0 Å². The summed E-state index contributed by atoms with van der Waals surface area (Å²) in [6, 6.07) is 12.6. The molecule has 2 aromatic carbocycles. The SMILES string of the molecule is Cc1ccc(C)c(CSc2ccc(Br)cc2N)c1. The highest BCUT2D eigenvalue weighted by Crippen LogP contribution is 2.31. The van der Waals surface area contributed by atoms with E-state index in [1.54, 1.807) is 11.8 Å². The molecule has 0 heterocycles. The first kappa shape index (κ1) is 13.5. The largest absolute Gasteiger partial charge is 0.398 e. The van der Waals surface area contributed by atoms with Crippen LogP contribution in [0.3, 0.4) is 0 Å². The molecule has 0 radical (unpaired) electrons. The third-order valence-corrected chi connectivity index (χ3v) is 4.49. The third kappa shape index (κ3) is 3.30. The number of aryl methyl sites for hydroxylation is 2. The second-order valence-corrected chi connectivity index (χ2v) is 6.33. The highest BCUT2D eigenvalue weighted by molar-refractivity contribution is 9.10. The van der Waals surface area contributed by atoms with Crippen LogP contribution in [0, 0.1) is 13.8 Å². The molecule has 0 saturated heterocycles. The highest BCUT2D eigenvalue weighted by Gasteiger charge is 2.04. The minimum absolute atomic E-state index is 0.833. The van der Waals surface area contributed by atoms with Crippen molar-refractivity contribution in [3.63, 3.8) is 0 Å². The van der Waals surface area contributed by atoms with Gasteiger partial charge in [0.1, 0.15) is 0 Å². The van der Waals surface area contributed by atoms with Crippen molar-refractivity contribution in [3.05, 3.63) is 57.6 Å². The zero-order valence-electron chi connectivity index (χ0n) is 10.5. The van der Waals surface area contributed by atoms with Crippen molar-refractivity contribution >= 4 is 33.4 Å². The maximum Gasteiger partial charge on any atom is 0.0463 e. The lowest BCUT2D eigenvalue weighted by Gasteiger charge is -2.09. The average Bonchev–Trinajstić information content (AvgIpc) is 2.32. The number of halogens is 1. The van der Waals surface area contributed by atoms with Crippen molar-refractivity contribution in [3.8, 4) is 0 Å². The molecule has 0 aliphatic carbocycles. The predicted molar refractivity (Wildman–Crippen MR) is 84.0 cm³/mol. The van der Waals surface area contributed by atoms with Gasteiger partial charge in [0.25, 0.3) is 0 Å². The molecule has 0 atom stereocenters. The first-order chi connectivity index (χ1) is 8.56. The van der Waals surface area contributed by atoms with Crippen LogP contribution < -0.4 is 5.73 Å². The van der Waals surface area contributed by atoms with Gasteiger partial charge in [0, 0.05) is 20.8 Å². The number of hydrogen-bond donors (Lipinski definition) is 1. The third-order valence-electron chi connectivity index (χ3n) is 2.86. The molecule has 0 amide bonds. The van der Waals surface area contributed by atoms with Gasteiger partial charge in [-0.3, -0.25) is 0 Å². The van der Waals surface area contributed by atoms with Gasteiger partial charge in [-0.1, -0.05) is 39.7 Å². The van der Waals surface area contributed by atoms with E-state index in [9.17, 15) is 0 Å². The summed E-state index contributed by atoms with van der Waals surface area (Å²) in [5.41, 5.74) is 10.9. The van der Waals surface area contributed by atoms with Gasteiger partial charge in [-0.15, -0.1) is 11.8 Å². The van der Waals surface area contributed by atoms with Gasteiger partial charge in [-0.05, 0) is 43.2 Å². The van der Waals surface area contributed by atoms with Gasteiger partial charge in [-0.25, -0.2) is 0 Å². The molecule has 2 rings (SSSR count). The molecular weight excluding hydrogens is 306 g/mol. The summed E-state index contributed by atoms with van der Waals surface area (Å²) < 4.78 is 1.02. The van der Waals surface area contributed by atoms with Crippen molar-refractivity contribution < 1.29 is 0 Å². The maximum atomic E-state index is 6.00. The minimum atomic E-state index is 0.833. The average molecular weight is 322 g/mol. The zero-order valence-corrected chi connectivity index (χ0v) is 12.9. The lowest BCUT2D eigenvalue weighted by molar-refractivity contribution is 1.27. The van der Waals surface area contributed by atoms with Crippen LogP contribution in [0.2, 0.25) is 0 Å². The second kappa shape index (κ2) is 5.81. The summed E-state index contributed by atoms with van der Waals surface area (Å²) in [7, 11) is 0. The molecule has 94 valence electrons. The monoisotopic (exact) mass is 321 g/mol. The Labute approximate surface area is 121 Å². The normalized spacial score (nSPS) is 10.6. The zero-order chi connectivity index (χ0) is 13.1. The molecular formula is C15H16BrNS. The minimum Gasteiger partial charge on any atom is -0.398 e. The Morgan fingerprint density at radius 1 is 1.11 bits per heavy atom. The summed E-state index contributed by atoms with van der Waals surface area (Å²) in [5, 5.41) is 0. The maximum absolute atomic E-state index is 6.00. The Morgan fingerprint density at radius 2 is 1.89 bits per heavy atom. The van der Waals surface area contributed by atoms with Crippen molar-refractivity contribution in [2.24, 2.45) is 0 Å². The summed E-state index contributed by atoms with van der Waals surface area (Å²) in [6.45, 7) is 4.28. The van der Waals surface area contributed by atoms with E-state index in [4.69, 9.17) is 5.73 Å². The van der Waals surface area contributed by atoms with E-state index in [0.29, 0.717) is 0 Å². The summed E-state index contributed by atoms with van der Waals surface area (Å²) in [5.74, 6) is 0.958. The first-order valence-electron chi connectivity index (χ1n) is 5.80. The molecule has 0 aliphatic heterocycles. The summed E-state index contributed by atoms with van der Waals surface area (Å²) >= 11 is 5.21. The van der Waals surface area contributed by atoms with Gasteiger partial charge in [0.2, 0.25) is 0 Å². The number of nitrogen functional groups attached to an aromatic ring is 1. The standard InChI is InChI=1S/C15H16BrNS/c1-10-3-4-11(2)12(7-10)9-18-15-6-5-13(16)8-14(15)17/h3-8H,9,17H2,1-2H3. The molecule has 0 bridgehead atoms. The molecule has 18 heavy (non-hydrogen) atoms. The van der Waals surface area contributed by atoms with Gasteiger partial charge in [-0.2, -0.15) is 0 Å². The Kier molecular flexibility index (Phi) is 4.36. The van der Waals surface area contributed by atoms with Crippen LogP contribution in [0.15, 0.2) is 45.8 Å². The van der Waals surface area contributed by atoms with Crippen LogP contribution in [0.1, 0.15) is 16.7 Å². The van der Waals surface area contributed by atoms with Gasteiger partial charge in [0.05, 0.1) is 0 Å². The first-order valence-corrected chi connectivity index (χ1v) is 7.58. The van der Waals surface area contributed by atoms with Crippen molar-refractivity contribution in [1.82, 2.24) is 0 Å².